The zero-order valence-electron chi connectivity index (χ0n) is 15.0. The Balaban J connectivity index is 1.83. The summed E-state index contributed by atoms with van der Waals surface area (Å²) in [5, 5.41) is 32.9. The van der Waals surface area contributed by atoms with Gasteiger partial charge < -0.3 is 5.32 Å². The van der Waals surface area contributed by atoms with Gasteiger partial charge in [0.05, 0.1) is 10.6 Å². The lowest BCUT2D eigenvalue weighted by atomic mass is 9.92. The van der Waals surface area contributed by atoms with E-state index in [0.717, 1.165) is 0 Å². The van der Waals surface area contributed by atoms with Crippen molar-refractivity contribution in [2.24, 2.45) is 0 Å². The number of nitro groups is 1. The molecule has 0 saturated carbocycles. The summed E-state index contributed by atoms with van der Waals surface area (Å²) in [6, 6.07) is 12.4. The van der Waals surface area contributed by atoms with Gasteiger partial charge in [-0.15, -0.1) is 0 Å². The Morgan fingerprint density at radius 1 is 1.17 bits per heavy atom. The van der Waals surface area contributed by atoms with Gasteiger partial charge in [0.1, 0.15) is 11.7 Å². The van der Waals surface area contributed by atoms with Crippen LogP contribution >= 0.6 is 11.6 Å². The first-order chi connectivity index (χ1) is 14.5. The van der Waals surface area contributed by atoms with Gasteiger partial charge in [0, 0.05) is 33.8 Å². The number of H-pyrrole nitrogens is 1. The second kappa shape index (κ2) is 6.74. The lowest BCUT2D eigenvalue weighted by Gasteiger charge is -2.28. The maximum absolute atomic E-state index is 12.6. The van der Waals surface area contributed by atoms with E-state index in [4.69, 9.17) is 11.6 Å². The van der Waals surface area contributed by atoms with Gasteiger partial charge in [-0.1, -0.05) is 47.0 Å². The van der Waals surface area contributed by atoms with Crippen LogP contribution in [0.15, 0.2) is 53.3 Å². The predicted molar refractivity (Wildman–Crippen MR) is 107 cm³/mol. The van der Waals surface area contributed by atoms with E-state index in [1.807, 2.05) is 0 Å². The molecule has 0 unspecified atom stereocenters. The number of halogens is 1. The second-order valence-corrected chi connectivity index (χ2v) is 6.90. The minimum atomic E-state index is -0.677. The Kier molecular flexibility index (Phi) is 4.03. The highest BCUT2D eigenvalue weighted by molar-refractivity contribution is 6.31. The minimum absolute atomic E-state index is 0.101. The number of aromatic nitrogens is 6. The molecule has 2 aromatic carbocycles. The molecule has 3 heterocycles. The van der Waals surface area contributed by atoms with Gasteiger partial charge in [-0.3, -0.25) is 14.9 Å². The van der Waals surface area contributed by atoms with Crippen LogP contribution in [-0.2, 0) is 0 Å². The summed E-state index contributed by atoms with van der Waals surface area (Å²) >= 11 is 6.46. The Morgan fingerprint density at radius 2 is 2.00 bits per heavy atom. The van der Waals surface area contributed by atoms with Gasteiger partial charge in [-0.05, 0) is 16.5 Å². The molecular weight excluding hydrogens is 412 g/mol. The van der Waals surface area contributed by atoms with Crippen LogP contribution < -0.4 is 10.9 Å². The number of hydrogen-bond acceptors (Lipinski definition) is 8. The molecule has 0 bridgehead atoms. The Labute approximate surface area is 172 Å². The molecule has 0 fully saturated rings. The largest absolute Gasteiger partial charge is 0.318 e. The number of hydrogen-bond donors (Lipinski definition) is 2. The van der Waals surface area contributed by atoms with E-state index < -0.39 is 16.5 Å². The smallest absolute Gasteiger partial charge is 0.288 e. The molecule has 30 heavy (non-hydrogen) atoms. The minimum Gasteiger partial charge on any atom is -0.318 e. The molecular formula is C18H11ClN8O3. The van der Waals surface area contributed by atoms with Gasteiger partial charge in [-0.2, -0.15) is 9.78 Å². The van der Waals surface area contributed by atoms with E-state index in [2.05, 4.69) is 31.0 Å². The van der Waals surface area contributed by atoms with Gasteiger partial charge in [-0.25, -0.2) is 5.10 Å². The fourth-order valence-electron chi connectivity index (χ4n) is 3.51. The average Bonchev–Trinajstić information content (AvgIpc) is 3.22. The Morgan fingerprint density at radius 3 is 2.80 bits per heavy atom. The molecule has 0 spiro atoms. The number of aromatic amines is 1. The molecule has 148 valence electrons. The number of nitrogens with one attached hydrogen (secondary N) is 2. The molecule has 2 N–H and O–H groups in total. The molecule has 1 atom stereocenters. The molecule has 0 aliphatic carbocycles. The van der Waals surface area contributed by atoms with Crippen LogP contribution in [0.2, 0.25) is 5.02 Å². The second-order valence-electron chi connectivity index (χ2n) is 6.49. The zero-order chi connectivity index (χ0) is 20.8. The van der Waals surface area contributed by atoms with Crippen molar-refractivity contribution in [3.63, 3.8) is 0 Å². The van der Waals surface area contributed by atoms with Gasteiger partial charge in [0.15, 0.2) is 0 Å². The Bertz CT molecular complexity index is 1370. The van der Waals surface area contributed by atoms with Crippen molar-refractivity contribution in [1.82, 2.24) is 30.4 Å². The highest BCUT2D eigenvalue weighted by Crippen LogP contribution is 2.43. The van der Waals surface area contributed by atoms with Crippen LogP contribution in [-0.4, -0.2) is 35.3 Å². The summed E-state index contributed by atoms with van der Waals surface area (Å²) in [6.07, 6.45) is 0. The lowest BCUT2D eigenvalue weighted by molar-refractivity contribution is -0.384. The van der Waals surface area contributed by atoms with Crippen molar-refractivity contribution in [2.45, 2.75) is 6.04 Å². The third-order valence-electron chi connectivity index (χ3n) is 4.80. The van der Waals surface area contributed by atoms with Crippen molar-refractivity contribution < 1.29 is 4.92 Å². The van der Waals surface area contributed by atoms with Gasteiger partial charge in [0.25, 0.3) is 11.2 Å². The summed E-state index contributed by atoms with van der Waals surface area (Å²) in [5.74, 6) is 0.258. The number of rotatable bonds is 3. The number of anilines is 2. The molecule has 0 radical (unpaired) electrons. The molecule has 12 heteroatoms. The van der Waals surface area contributed by atoms with Gasteiger partial charge >= 0.3 is 0 Å². The first-order valence-corrected chi connectivity index (χ1v) is 9.09. The van der Waals surface area contributed by atoms with Crippen molar-refractivity contribution in [3.05, 3.63) is 85.1 Å². The summed E-state index contributed by atoms with van der Waals surface area (Å²) in [6.45, 7) is 0. The first-order valence-electron chi connectivity index (χ1n) is 8.71. The zero-order valence-corrected chi connectivity index (χ0v) is 15.7. The topological polar surface area (TPSA) is 145 Å². The highest BCUT2D eigenvalue weighted by atomic mass is 35.5. The third-order valence-corrected chi connectivity index (χ3v) is 5.14. The summed E-state index contributed by atoms with van der Waals surface area (Å²) in [5.41, 5.74) is 1.50. The maximum Gasteiger partial charge on any atom is 0.288 e. The van der Waals surface area contributed by atoms with Crippen LogP contribution in [0.4, 0.5) is 17.3 Å². The van der Waals surface area contributed by atoms with Crippen molar-refractivity contribution in [1.29, 1.82) is 0 Å². The fourth-order valence-corrected chi connectivity index (χ4v) is 3.75. The van der Waals surface area contributed by atoms with E-state index in [1.54, 1.807) is 36.4 Å². The fraction of sp³-hybridized carbons (Fsp3) is 0.0556. The SMILES string of the molecule is O=c1[nH]nc(-c2cccc([N+](=O)[O-])c2)c2c1Nc1nnnn1[C@H]2c1ccccc1Cl. The number of benzene rings is 2. The molecule has 11 nitrogen and oxygen atoms in total. The highest BCUT2D eigenvalue weighted by Gasteiger charge is 2.35. The molecule has 1 aliphatic rings. The third kappa shape index (κ3) is 2.71. The molecule has 0 amide bonds. The lowest BCUT2D eigenvalue weighted by Crippen LogP contribution is -2.29. The number of fused-ring (bicyclic) bond motifs is 2. The molecule has 5 rings (SSSR count). The van der Waals surface area contributed by atoms with E-state index in [9.17, 15) is 14.9 Å². The standard InChI is InChI=1S/C18H11ClN8O3/c19-12-7-2-1-6-11(12)16-13-14(9-4-3-5-10(8-9)27(29)30)21-22-17(28)15(13)20-18-23-24-25-26(16)18/h1-8,16H,(H,22,28)(H,20,23,25)/t16-/m0/s1. The van der Waals surface area contributed by atoms with E-state index in [0.29, 0.717) is 27.4 Å². The van der Waals surface area contributed by atoms with E-state index in [-0.39, 0.29) is 17.3 Å². The monoisotopic (exact) mass is 422 g/mol. The summed E-state index contributed by atoms with van der Waals surface area (Å²) < 4.78 is 1.49. The van der Waals surface area contributed by atoms with Crippen LogP contribution in [0.25, 0.3) is 11.3 Å². The van der Waals surface area contributed by atoms with Crippen LogP contribution in [0.3, 0.4) is 0 Å². The average molecular weight is 423 g/mol. The number of nitro benzene ring substituents is 1. The summed E-state index contributed by atoms with van der Waals surface area (Å²) in [7, 11) is 0. The summed E-state index contributed by atoms with van der Waals surface area (Å²) in [4.78, 5) is 23.4. The molecule has 4 aromatic rings. The number of tetrazole rings is 1. The number of non-ortho nitro benzene ring substituents is 1. The molecule has 1 aliphatic heterocycles. The van der Waals surface area contributed by atoms with Crippen LogP contribution in [0.1, 0.15) is 17.2 Å². The maximum atomic E-state index is 12.6. The van der Waals surface area contributed by atoms with Crippen LogP contribution in [0, 0.1) is 10.1 Å². The molecule has 2 aromatic heterocycles. The van der Waals surface area contributed by atoms with E-state index in [1.165, 1.54) is 16.8 Å². The number of nitrogens with zero attached hydrogens (tertiary/aromatic N) is 6. The van der Waals surface area contributed by atoms with Crippen molar-refractivity contribution >= 4 is 28.9 Å². The van der Waals surface area contributed by atoms with Crippen molar-refractivity contribution in [2.75, 3.05) is 5.32 Å². The first kappa shape index (κ1) is 17.9. The quantitative estimate of drug-likeness (QED) is 0.333. The normalized spacial score (nSPS) is 14.5. The Hall–Kier alpha value is -4.12. The molecule has 0 saturated heterocycles. The predicted octanol–water partition coefficient (Wildman–Crippen LogP) is 2.68. The van der Waals surface area contributed by atoms with Crippen molar-refractivity contribution in [3.8, 4) is 11.3 Å². The van der Waals surface area contributed by atoms with E-state index >= 15 is 0 Å². The van der Waals surface area contributed by atoms with Gasteiger partial charge in [0.2, 0.25) is 5.95 Å². The van der Waals surface area contributed by atoms with Crippen LogP contribution in [0.5, 0.6) is 0 Å².